The van der Waals surface area contributed by atoms with E-state index in [2.05, 4.69) is 0 Å². The molecule has 26 heavy (non-hydrogen) atoms. The maximum absolute atomic E-state index is 13.0. The number of rotatable bonds is 4. The van der Waals surface area contributed by atoms with Crippen LogP contribution in [0.15, 0.2) is 48.5 Å². The molecule has 2 aromatic carbocycles. The lowest BCUT2D eigenvalue weighted by Gasteiger charge is -2.34. The standard InChI is InChI=1S/C19H18FNO5/c1-12(25-14-9-7-13(20)8-10-14)18(22)21-11-17(19(23)24-2)26-16-6-4-3-5-15(16)21/h3-10,12,17H,11H2,1-2H3/t12-,17+/m1/s1. The van der Waals surface area contributed by atoms with E-state index >= 15 is 0 Å². The molecule has 2 aromatic rings. The highest BCUT2D eigenvalue weighted by Gasteiger charge is 2.36. The Hall–Kier alpha value is -3.09. The lowest BCUT2D eigenvalue weighted by molar-refractivity contribution is -0.148. The van der Waals surface area contributed by atoms with E-state index in [0.717, 1.165) is 0 Å². The highest BCUT2D eigenvalue weighted by molar-refractivity contribution is 5.99. The number of fused-ring (bicyclic) bond motifs is 1. The minimum atomic E-state index is -0.920. The normalized spacial score (nSPS) is 16.9. The molecular weight excluding hydrogens is 341 g/mol. The number of hydrogen-bond donors (Lipinski definition) is 0. The van der Waals surface area contributed by atoms with Gasteiger partial charge >= 0.3 is 5.97 Å². The maximum atomic E-state index is 13.0. The van der Waals surface area contributed by atoms with Gasteiger partial charge in [0.1, 0.15) is 17.3 Å². The number of ether oxygens (including phenoxy) is 3. The number of methoxy groups -OCH3 is 1. The van der Waals surface area contributed by atoms with Gasteiger partial charge in [0.2, 0.25) is 6.10 Å². The molecule has 0 saturated carbocycles. The second-order valence-corrected chi connectivity index (χ2v) is 5.76. The Morgan fingerprint density at radius 3 is 2.58 bits per heavy atom. The summed E-state index contributed by atoms with van der Waals surface area (Å²) in [5.41, 5.74) is 0.548. The number of halogens is 1. The molecule has 7 heteroatoms. The van der Waals surface area contributed by atoms with Gasteiger partial charge in [0.05, 0.1) is 19.3 Å². The molecule has 0 aromatic heterocycles. The molecule has 6 nitrogen and oxygen atoms in total. The van der Waals surface area contributed by atoms with Crippen LogP contribution in [-0.2, 0) is 14.3 Å². The van der Waals surface area contributed by atoms with Crippen LogP contribution >= 0.6 is 0 Å². The second-order valence-electron chi connectivity index (χ2n) is 5.76. The summed E-state index contributed by atoms with van der Waals surface area (Å²) in [6.45, 7) is 1.61. The number of benzene rings is 2. The zero-order valence-corrected chi connectivity index (χ0v) is 14.3. The van der Waals surface area contributed by atoms with Gasteiger partial charge in [-0.3, -0.25) is 4.79 Å². The average molecular weight is 359 g/mol. The third-order valence-electron chi connectivity index (χ3n) is 3.98. The van der Waals surface area contributed by atoms with E-state index in [4.69, 9.17) is 14.2 Å². The Labute approximate surface area is 150 Å². The van der Waals surface area contributed by atoms with Crippen molar-refractivity contribution in [1.82, 2.24) is 0 Å². The predicted octanol–water partition coefficient (Wildman–Crippen LogP) is 2.56. The minimum Gasteiger partial charge on any atom is -0.481 e. The topological polar surface area (TPSA) is 65.1 Å². The number of anilines is 1. The Balaban J connectivity index is 1.82. The Morgan fingerprint density at radius 1 is 1.19 bits per heavy atom. The van der Waals surface area contributed by atoms with Crippen molar-refractivity contribution in [3.8, 4) is 11.5 Å². The van der Waals surface area contributed by atoms with Gasteiger partial charge in [0.25, 0.3) is 5.91 Å². The monoisotopic (exact) mass is 359 g/mol. The predicted molar refractivity (Wildman–Crippen MR) is 91.7 cm³/mol. The lowest BCUT2D eigenvalue weighted by Crippen LogP contribution is -2.50. The largest absolute Gasteiger partial charge is 0.481 e. The van der Waals surface area contributed by atoms with Crippen LogP contribution in [0.3, 0.4) is 0 Å². The molecule has 136 valence electrons. The number of amides is 1. The zero-order valence-electron chi connectivity index (χ0n) is 14.3. The van der Waals surface area contributed by atoms with Crippen molar-refractivity contribution in [2.45, 2.75) is 19.1 Å². The molecule has 0 radical (unpaired) electrons. The molecular formula is C19H18FNO5. The number of carbonyl (C=O) groups excluding carboxylic acids is 2. The third kappa shape index (κ3) is 3.61. The first kappa shape index (κ1) is 17.7. The molecule has 0 aliphatic carbocycles. The molecule has 0 fully saturated rings. The second kappa shape index (κ2) is 7.43. The van der Waals surface area contributed by atoms with Gasteiger partial charge in [-0.15, -0.1) is 0 Å². The third-order valence-corrected chi connectivity index (χ3v) is 3.98. The molecule has 0 bridgehead atoms. The Morgan fingerprint density at radius 2 is 1.88 bits per heavy atom. The first-order chi connectivity index (χ1) is 12.5. The van der Waals surface area contributed by atoms with E-state index in [1.54, 1.807) is 31.2 Å². The van der Waals surface area contributed by atoms with Gasteiger partial charge in [-0.1, -0.05) is 12.1 Å². The fourth-order valence-corrected chi connectivity index (χ4v) is 2.68. The molecule has 0 saturated heterocycles. The molecule has 1 aliphatic heterocycles. The van der Waals surface area contributed by atoms with Crippen LogP contribution in [0.5, 0.6) is 11.5 Å². The summed E-state index contributed by atoms with van der Waals surface area (Å²) in [5, 5.41) is 0. The molecule has 3 rings (SSSR count). The van der Waals surface area contributed by atoms with Crippen LogP contribution < -0.4 is 14.4 Å². The fourth-order valence-electron chi connectivity index (χ4n) is 2.68. The molecule has 0 N–H and O–H groups in total. The van der Waals surface area contributed by atoms with Crippen LogP contribution in [-0.4, -0.2) is 37.7 Å². The first-order valence-electron chi connectivity index (χ1n) is 8.06. The summed E-state index contributed by atoms with van der Waals surface area (Å²) in [5.74, 6) is -0.516. The van der Waals surface area contributed by atoms with Crippen molar-refractivity contribution >= 4 is 17.6 Å². The van der Waals surface area contributed by atoms with Crippen molar-refractivity contribution in [2.75, 3.05) is 18.6 Å². The highest BCUT2D eigenvalue weighted by atomic mass is 19.1. The molecule has 1 amide bonds. The van der Waals surface area contributed by atoms with E-state index in [9.17, 15) is 14.0 Å². The summed E-state index contributed by atoms with van der Waals surface area (Å²) >= 11 is 0. The lowest BCUT2D eigenvalue weighted by atomic mass is 10.1. The summed E-state index contributed by atoms with van der Waals surface area (Å²) in [6, 6.07) is 12.3. The van der Waals surface area contributed by atoms with Crippen LogP contribution in [0.4, 0.5) is 10.1 Å². The summed E-state index contributed by atoms with van der Waals surface area (Å²) in [7, 11) is 1.26. The van der Waals surface area contributed by atoms with E-state index < -0.39 is 18.2 Å². The van der Waals surface area contributed by atoms with E-state index in [1.165, 1.54) is 36.3 Å². The van der Waals surface area contributed by atoms with E-state index in [-0.39, 0.29) is 18.3 Å². The Bertz CT molecular complexity index is 808. The molecule has 0 unspecified atom stereocenters. The van der Waals surface area contributed by atoms with Crippen LogP contribution in [0, 0.1) is 5.82 Å². The van der Waals surface area contributed by atoms with Gasteiger partial charge < -0.3 is 19.1 Å². The van der Waals surface area contributed by atoms with Gasteiger partial charge in [-0.25, -0.2) is 9.18 Å². The van der Waals surface area contributed by atoms with Gasteiger partial charge in [0.15, 0.2) is 6.10 Å². The smallest absolute Gasteiger partial charge is 0.348 e. The summed E-state index contributed by atoms with van der Waals surface area (Å²) < 4.78 is 29.0. The SMILES string of the molecule is COC(=O)[C@@H]1CN(C(=O)[C@@H](C)Oc2ccc(F)cc2)c2ccccc2O1. The van der Waals surface area contributed by atoms with Crippen molar-refractivity contribution in [3.05, 3.63) is 54.3 Å². The van der Waals surface area contributed by atoms with E-state index in [1.807, 2.05) is 0 Å². The van der Waals surface area contributed by atoms with Crippen molar-refractivity contribution in [3.63, 3.8) is 0 Å². The van der Waals surface area contributed by atoms with Crippen molar-refractivity contribution in [2.24, 2.45) is 0 Å². The van der Waals surface area contributed by atoms with Crippen LogP contribution in [0.25, 0.3) is 0 Å². The number of hydrogen-bond acceptors (Lipinski definition) is 5. The number of nitrogens with zero attached hydrogens (tertiary/aromatic N) is 1. The van der Waals surface area contributed by atoms with Gasteiger partial charge in [0, 0.05) is 0 Å². The van der Waals surface area contributed by atoms with Gasteiger partial charge in [-0.2, -0.15) is 0 Å². The molecule has 1 heterocycles. The molecule has 0 spiro atoms. The summed E-state index contributed by atoms with van der Waals surface area (Å²) in [6.07, 6.45) is -1.76. The number of carbonyl (C=O) groups is 2. The maximum Gasteiger partial charge on any atom is 0.348 e. The zero-order chi connectivity index (χ0) is 18.7. The number of esters is 1. The quantitative estimate of drug-likeness (QED) is 0.785. The molecule has 1 aliphatic rings. The average Bonchev–Trinajstić information content (AvgIpc) is 2.67. The fraction of sp³-hybridized carbons (Fsp3) is 0.263. The minimum absolute atomic E-state index is 0.0135. The van der Waals surface area contributed by atoms with Crippen molar-refractivity contribution in [1.29, 1.82) is 0 Å². The Kier molecular flexibility index (Phi) is 5.06. The van der Waals surface area contributed by atoms with E-state index in [0.29, 0.717) is 17.2 Å². The van der Waals surface area contributed by atoms with Crippen LogP contribution in [0.2, 0.25) is 0 Å². The first-order valence-corrected chi connectivity index (χ1v) is 8.06. The van der Waals surface area contributed by atoms with Crippen molar-refractivity contribution < 1.29 is 28.2 Å². The van der Waals surface area contributed by atoms with Gasteiger partial charge in [-0.05, 0) is 43.3 Å². The summed E-state index contributed by atoms with van der Waals surface area (Å²) in [4.78, 5) is 26.2. The van der Waals surface area contributed by atoms with Crippen LogP contribution in [0.1, 0.15) is 6.92 Å². The highest BCUT2D eigenvalue weighted by Crippen LogP contribution is 2.34. The molecule has 2 atom stereocenters. The number of para-hydroxylation sites is 2.